The third-order valence-corrected chi connectivity index (χ3v) is 4.07. The Hall–Kier alpha value is -3.09. The molecule has 1 aliphatic heterocycles. The zero-order valence-electron chi connectivity index (χ0n) is 13.0. The van der Waals surface area contributed by atoms with Gasteiger partial charge in [-0.1, -0.05) is 0 Å². The molecule has 1 aliphatic rings. The highest BCUT2D eigenvalue weighted by atomic mass is 16.1. The maximum atomic E-state index is 12.1. The SMILES string of the molecule is O=c1ccc(-c2ccncc2)nn1CC1CN(c2ncccn2)C1. The van der Waals surface area contributed by atoms with Crippen molar-refractivity contribution in [2.75, 3.05) is 18.0 Å². The highest BCUT2D eigenvalue weighted by Crippen LogP contribution is 2.21. The first-order valence-corrected chi connectivity index (χ1v) is 7.80. The maximum absolute atomic E-state index is 12.1. The Morgan fingerprint density at radius 3 is 2.50 bits per heavy atom. The fourth-order valence-corrected chi connectivity index (χ4v) is 2.80. The first-order chi connectivity index (χ1) is 11.8. The molecule has 0 bridgehead atoms. The van der Waals surface area contributed by atoms with Gasteiger partial charge in [0.25, 0.3) is 5.56 Å². The predicted molar refractivity (Wildman–Crippen MR) is 89.5 cm³/mol. The van der Waals surface area contributed by atoms with E-state index in [2.05, 4.69) is 25.0 Å². The molecule has 0 atom stereocenters. The van der Waals surface area contributed by atoms with Crippen molar-refractivity contribution < 1.29 is 0 Å². The van der Waals surface area contributed by atoms with Crippen LogP contribution in [0.15, 0.2) is 59.9 Å². The Morgan fingerprint density at radius 1 is 1.00 bits per heavy atom. The smallest absolute Gasteiger partial charge is 0.266 e. The minimum Gasteiger partial charge on any atom is -0.340 e. The van der Waals surface area contributed by atoms with E-state index in [0.29, 0.717) is 12.5 Å². The van der Waals surface area contributed by atoms with E-state index < -0.39 is 0 Å². The summed E-state index contributed by atoms with van der Waals surface area (Å²) in [6, 6.07) is 8.89. The van der Waals surface area contributed by atoms with Gasteiger partial charge in [-0.3, -0.25) is 9.78 Å². The van der Waals surface area contributed by atoms with Gasteiger partial charge in [-0.25, -0.2) is 14.6 Å². The van der Waals surface area contributed by atoms with Gasteiger partial charge in [0, 0.05) is 55.4 Å². The lowest BCUT2D eigenvalue weighted by molar-refractivity contribution is 0.331. The molecular formula is C17H16N6O. The van der Waals surface area contributed by atoms with Crippen molar-refractivity contribution in [1.29, 1.82) is 0 Å². The Morgan fingerprint density at radius 2 is 1.75 bits per heavy atom. The molecule has 7 heteroatoms. The summed E-state index contributed by atoms with van der Waals surface area (Å²) in [4.78, 5) is 26.7. The molecule has 1 saturated heterocycles. The fourth-order valence-electron chi connectivity index (χ4n) is 2.80. The number of aromatic nitrogens is 5. The molecule has 24 heavy (non-hydrogen) atoms. The third-order valence-electron chi connectivity index (χ3n) is 4.07. The van der Waals surface area contributed by atoms with Crippen LogP contribution >= 0.6 is 0 Å². The molecule has 0 spiro atoms. The summed E-state index contributed by atoms with van der Waals surface area (Å²) in [7, 11) is 0. The highest BCUT2D eigenvalue weighted by molar-refractivity contribution is 5.57. The van der Waals surface area contributed by atoms with Crippen LogP contribution in [-0.4, -0.2) is 37.8 Å². The summed E-state index contributed by atoms with van der Waals surface area (Å²) in [6.07, 6.45) is 6.91. The van der Waals surface area contributed by atoms with E-state index in [9.17, 15) is 4.79 Å². The zero-order chi connectivity index (χ0) is 16.4. The lowest BCUT2D eigenvalue weighted by Crippen LogP contribution is -2.50. The van der Waals surface area contributed by atoms with Crippen LogP contribution in [0.3, 0.4) is 0 Å². The van der Waals surface area contributed by atoms with Crippen molar-refractivity contribution >= 4 is 5.95 Å². The molecule has 4 rings (SSSR count). The molecule has 4 heterocycles. The number of rotatable bonds is 4. The van der Waals surface area contributed by atoms with Crippen molar-refractivity contribution in [3.63, 3.8) is 0 Å². The van der Waals surface area contributed by atoms with Gasteiger partial charge in [-0.2, -0.15) is 5.10 Å². The largest absolute Gasteiger partial charge is 0.340 e. The second-order valence-corrected chi connectivity index (χ2v) is 5.79. The molecule has 0 amide bonds. The van der Waals surface area contributed by atoms with Crippen molar-refractivity contribution in [1.82, 2.24) is 24.7 Å². The quantitative estimate of drug-likeness (QED) is 0.719. The van der Waals surface area contributed by atoms with Crippen LogP contribution in [-0.2, 0) is 6.54 Å². The molecule has 1 fully saturated rings. The standard InChI is InChI=1S/C17H16N6O/c24-16-3-2-15(14-4-8-18-9-5-14)21-23(16)12-13-10-22(11-13)17-19-6-1-7-20-17/h1-9,13H,10-12H2. The van der Waals surface area contributed by atoms with Crippen LogP contribution < -0.4 is 10.5 Å². The normalized spacial score (nSPS) is 14.4. The Bertz CT molecular complexity index is 874. The van der Waals surface area contributed by atoms with Gasteiger partial charge in [-0.15, -0.1) is 0 Å². The van der Waals surface area contributed by atoms with Crippen LogP contribution in [0, 0.1) is 5.92 Å². The lowest BCUT2D eigenvalue weighted by Gasteiger charge is -2.39. The number of pyridine rings is 1. The van der Waals surface area contributed by atoms with Crippen molar-refractivity contribution in [3.8, 4) is 11.3 Å². The van der Waals surface area contributed by atoms with Crippen LogP contribution in [0.25, 0.3) is 11.3 Å². The highest BCUT2D eigenvalue weighted by Gasteiger charge is 2.29. The van der Waals surface area contributed by atoms with Gasteiger partial charge in [-0.05, 0) is 24.3 Å². The Kier molecular flexibility index (Phi) is 3.74. The molecular weight excluding hydrogens is 304 g/mol. The third kappa shape index (κ3) is 2.88. The van der Waals surface area contributed by atoms with Gasteiger partial charge in [0.2, 0.25) is 5.95 Å². The second kappa shape index (κ2) is 6.19. The summed E-state index contributed by atoms with van der Waals surface area (Å²) in [5.74, 6) is 1.10. The molecule has 0 aromatic carbocycles. The summed E-state index contributed by atoms with van der Waals surface area (Å²) in [5.41, 5.74) is 1.65. The van der Waals surface area contributed by atoms with Crippen molar-refractivity contribution in [3.05, 3.63) is 65.5 Å². The summed E-state index contributed by atoms with van der Waals surface area (Å²) in [5, 5.41) is 4.49. The minimum atomic E-state index is -0.0813. The molecule has 0 N–H and O–H groups in total. The number of anilines is 1. The monoisotopic (exact) mass is 320 g/mol. The van der Waals surface area contributed by atoms with E-state index in [0.717, 1.165) is 30.3 Å². The van der Waals surface area contributed by atoms with Crippen LogP contribution in [0.4, 0.5) is 5.95 Å². The molecule has 0 saturated carbocycles. The van der Waals surface area contributed by atoms with Crippen molar-refractivity contribution in [2.45, 2.75) is 6.54 Å². The van der Waals surface area contributed by atoms with E-state index in [1.807, 2.05) is 12.1 Å². The van der Waals surface area contributed by atoms with Crippen LogP contribution in [0.5, 0.6) is 0 Å². The van der Waals surface area contributed by atoms with E-state index in [1.54, 1.807) is 47.7 Å². The topological polar surface area (TPSA) is 76.8 Å². The fraction of sp³-hybridized carbons (Fsp3) is 0.235. The molecule has 120 valence electrons. The summed E-state index contributed by atoms with van der Waals surface area (Å²) in [6.45, 7) is 2.26. The Balaban J connectivity index is 1.47. The van der Waals surface area contributed by atoms with E-state index in [4.69, 9.17) is 0 Å². The number of nitrogens with zero attached hydrogens (tertiary/aromatic N) is 6. The van der Waals surface area contributed by atoms with E-state index in [-0.39, 0.29) is 5.56 Å². The average molecular weight is 320 g/mol. The number of hydrogen-bond donors (Lipinski definition) is 0. The molecule has 0 aliphatic carbocycles. The molecule has 3 aromatic heterocycles. The van der Waals surface area contributed by atoms with Crippen molar-refractivity contribution in [2.24, 2.45) is 5.92 Å². The number of hydrogen-bond acceptors (Lipinski definition) is 6. The van der Waals surface area contributed by atoms with Gasteiger partial charge in [0.1, 0.15) is 0 Å². The van der Waals surface area contributed by atoms with Crippen LogP contribution in [0.1, 0.15) is 0 Å². The maximum Gasteiger partial charge on any atom is 0.266 e. The van der Waals surface area contributed by atoms with E-state index >= 15 is 0 Å². The molecule has 3 aromatic rings. The lowest BCUT2D eigenvalue weighted by atomic mass is 10.0. The molecule has 0 unspecified atom stereocenters. The summed E-state index contributed by atoms with van der Waals surface area (Å²) >= 11 is 0. The van der Waals surface area contributed by atoms with Gasteiger partial charge in [0.15, 0.2) is 0 Å². The Labute approximate surface area is 138 Å². The first-order valence-electron chi connectivity index (χ1n) is 7.80. The average Bonchev–Trinajstić information content (AvgIpc) is 2.60. The van der Waals surface area contributed by atoms with Crippen LogP contribution in [0.2, 0.25) is 0 Å². The minimum absolute atomic E-state index is 0.0813. The van der Waals surface area contributed by atoms with Gasteiger partial charge in [0.05, 0.1) is 12.2 Å². The van der Waals surface area contributed by atoms with Gasteiger partial charge < -0.3 is 4.90 Å². The second-order valence-electron chi connectivity index (χ2n) is 5.79. The predicted octanol–water partition coefficient (Wildman–Crippen LogP) is 1.23. The first kappa shape index (κ1) is 14.5. The van der Waals surface area contributed by atoms with E-state index in [1.165, 1.54) is 0 Å². The summed E-state index contributed by atoms with van der Waals surface area (Å²) < 4.78 is 1.55. The zero-order valence-corrected chi connectivity index (χ0v) is 13.0. The van der Waals surface area contributed by atoms with Gasteiger partial charge >= 0.3 is 0 Å². The molecule has 0 radical (unpaired) electrons. The molecule has 7 nitrogen and oxygen atoms in total.